The van der Waals surface area contributed by atoms with E-state index in [1.807, 2.05) is 0 Å². The Morgan fingerprint density at radius 1 is 1.38 bits per heavy atom. The molecule has 5 N–H and O–H groups in total. The summed E-state index contributed by atoms with van der Waals surface area (Å²) in [6.45, 7) is -0.357. The highest BCUT2D eigenvalue weighted by Crippen LogP contribution is 2.40. The van der Waals surface area contributed by atoms with Crippen LogP contribution in [0.3, 0.4) is 0 Å². The molecule has 16 heteroatoms. The van der Waals surface area contributed by atoms with Crippen molar-refractivity contribution in [1.82, 2.24) is 15.2 Å². The normalized spacial score (nSPS) is 19.0. The lowest BCUT2D eigenvalue weighted by atomic mass is 10.0. The molecule has 1 aromatic carbocycles. The summed E-state index contributed by atoms with van der Waals surface area (Å²) in [5, 5.41) is 20.0. The predicted molar refractivity (Wildman–Crippen MR) is 136 cm³/mol. The maximum absolute atomic E-state index is 12.9. The van der Waals surface area contributed by atoms with Gasteiger partial charge in [0.2, 0.25) is 0 Å². The Kier molecular flexibility index (Phi) is 7.85. The lowest BCUT2D eigenvalue weighted by Gasteiger charge is -2.49. The summed E-state index contributed by atoms with van der Waals surface area (Å²) in [4.78, 5) is 59.6. The van der Waals surface area contributed by atoms with Gasteiger partial charge in [-0.05, 0) is 18.2 Å². The number of thiazole rings is 1. The number of hydrogen-bond donors (Lipinski definition) is 4. The number of oxime groups is 1. The van der Waals surface area contributed by atoms with E-state index in [4.69, 9.17) is 26.9 Å². The maximum atomic E-state index is 12.9. The summed E-state index contributed by atoms with van der Waals surface area (Å²) < 4.78 is 5.17. The number of β-lactam (4-membered cyclic amide) rings is 1. The van der Waals surface area contributed by atoms with Crippen LogP contribution in [-0.2, 0) is 24.0 Å². The number of hydrogen-bond acceptors (Lipinski definition) is 11. The monoisotopic (exact) mass is 566 g/mol. The van der Waals surface area contributed by atoms with Crippen molar-refractivity contribution in [3.8, 4) is 0 Å². The highest BCUT2D eigenvalue weighted by Gasteiger charge is 2.54. The number of aliphatic carboxylic acids is 1. The van der Waals surface area contributed by atoms with Crippen LogP contribution in [-0.4, -0.2) is 75.5 Å². The molecule has 0 spiro atoms. The lowest BCUT2D eigenvalue weighted by Crippen LogP contribution is -2.71. The van der Waals surface area contributed by atoms with Crippen LogP contribution < -0.4 is 16.4 Å². The molecule has 0 bridgehead atoms. The van der Waals surface area contributed by atoms with Crippen molar-refractivity contribution in [2.45, 2.75) is 11.4 Å². The van der Waals surface area contributed by atoms with Gasteiger partial charge in [-0.1, -0.05) is 22.8 Å². The fraction of sp³-hybridized carbons (Fsp3) is 0.238. The summed E-state index contributed by atoms with van der Waals surface area (Å²) in [6, 6.07) is 5.39. The molecule has 3 heterocycles. The van der Waals surface area contributed by atoms with Gasteiger partial charge in [-0.3, -0.25) is 19.8 Å². The third-order valence-corrected chi connectivity index (χ3v) is 7.40. The second kappa shape index (κ2) is 11.1. The minimum atomic E-state index is -1.36. The lowest BCUT2D eigenvalue weighted by molar-refractivity contribution is -0.150. The van der Waals surface area contributed by atoms with Crippen LogP contribution in [0, 0.1) is 0 Å². The average Bonchev–Trinajstić information content (AvgIpc) is 3.29. The molecule has 13 nitrogen and oxygen atoms in total. The van der Waals surface area contributed by atoms with Gasteiger partial charge < -0.3 is 25.7 Å². The SMILES string of the molecule is CON=C(C(=O)NC1C(=O)N2C(C(=O)O)=C(COC(=O)Nc3cccc(Cl)c3)CS[C@@H]12)c1csc(N)n1. The molecule has 2 aliphatic heterocycles. The van der Waals surface area contributed by atoms with Crippen molar-refractivity contribution < 1.29 is 33.9 Å². The molecule has 2 atom stereocenters. The van der Waals surface area contributed by atoms with Gasteiger partial charge >= 0.3 is 12.1 Å². The minimum Gasteiger partial charge on any atom is -0.477 e. The number of nitrogens with zero attached hydrogens (tertiary/aromatic N) is 3. The topological polar surface area (TPSA) is 186 Å². The minimum absolute atomic E-state index is 0.147. The summed E-state index contributed by atoms with van der Waals surface area (Å²) >= 11 is 8.20. The molecular formula is C21H19ClN6O7S2. The van der Waals surface area contributed by atoms with Gasteiger partial charge in [-0.25, -0.2) is 14.6 Å². The Labute approximate surface area is 222 Å². The van der Waals surface area contributed by atoms with E-state index < -0.39 is 35.3 Å². The van der Waals surface area contributed by atoms with Gasteiger partial charge in [0.25, 0.3) is 11.8 Å². The number of rotatable bonds is 8. The van der Waals surface area contributed by atoms with Crippen LogP contribution in [0.25, 0.3) is 0 Å². The van der Waals surface area contributed by atoms with Crippen LogP contribution >= 0.6 is 34.7 Å². The first-order valence-corrected chi connectivity index (χ1v) is 12.7. The average molecular weight is 567 g/mol. The number of ether oxygens (including phenoxy) is 1. The molecule has 1 unspecified atom stereocenters. The number of nitrogens with one attached hydrogen (secondary N) is 2. The molecule has 0 saturated carbocycles. The van der Waals surface area contributed by atoms with Crippen LogP contribution in [0.4, 0.5) is 15.6 Å². The summed E-state index contributed by atoms with van der Waals surface area (Å²) in [7, 11) is 1.25. The zero-order valence-electron chi connectivity index (χ0n) is 19.0. The van der Waals surface area contributed by atoms with Crippen molar-refractivity contribution in [3.63, 3.8) is 0 Å². The standard InChI is InChI=1S/C21H19ClN6O7S2/c1-34-27-13(12-8-37-20(23)25-12)16(29)26-14-17(30)28-15(19(31)32)9(7-36-18(14)28)6-35-21(33)24-11-4-2-3-10(22)5-11/h2-5,8,14,18H,6-7H2,1H3,(H2,23,25)(H,24,33)(H,26,29)(H,31,32)/t14?,18-/m0/s1. The molecule has 1 fully saturated rings. The number of anilines is 2. The van der Waals surface area contributed by atoms with Gasteiger partial charge in [0.05, 0.1) is 0 Å². The van der Waals surface area contributed by atoms with Crippen LogP contribution in [0.15, 0.2) is 46.1 Å². The number of carboxylic acids is 1. The third kappa shape index (κ3) is 5.63. The number of carbonyl (C=O) groups excluding carboxylic acids is 3. The molecule has 194 valence electrons. The van der Waals surface area contributed by atoms with Crippen molar-refractivity contribution in [3.05, 3.63) is 51.6 Å². The first-order chi connectivity index (χ1) is 17.7. The van der Waals surface area contributed by atoms with Crippen molar-refractivity contribution in [2.75, 3.05) is 30.5 Å². The number of nitrogens with two attached hydrogens (primary N) is 1. The van der Waals surface area contributed by atoms with Crippen molar-refractivity contribution in [1.29, 1.82) is 0 Å². The van der Waals surface area contributed by atoms with Gasteiger partial charge in [-0.2, -0.15) is 0 Å². The number of carboxylic acid groups (broad SMARTS) is 1. The molecule has 4 rings (SSSR count). The number of amides is 3. The molecule has 1 saturated heterocycles. The molecule has 37 heavy (non-hydrogen) atoms. The molecular weight excluding hydrogens is 548 g/mol. The van der Waals surface area contributed by atoms with E-state index in [0.29, 0.717) is 10.7 Å². The molecule has 0 radical (unpaired) electrons. The number of carbonyl (C=O) groups is 4. The van der Waals surface area contributed by atoms with Gasteiger partial charge in [0.15, 0.2) is 10.8 Å². The molecule has 3 amide bonds. The Bertz CT molecular complexity index is 1330. The van der Waals surface area contributed by atoms with E-state index in [1.54, 1.807) is 18.2 Å². The summed E-state index contributed by atoms with van der Waals surface area (Å²) in [6.07, 6.45) is -0.820. The number of benzene rings is 1. The highest BCUT2D eigenvalue weighted by molar-refractivity contribution is 8.00. The third-order valence-electron chi connectivity index (χ3n) is 5.15. The number of fused-ring (bicyclic) bond motifs is 1. The van der Waals surface area contributed by atoms with E-state index in [2.05, 4.69) is 20.8 Å². The van der Waals surface area contributed by atoms with Gasteiger partial charge in [0.1, 0.15) is 36.5 Å². The fourth-order valence-corrected chi connectivity index (χ4v) is 5.63. The molecule has 0 aliphatic carbocycles. The summed E-state index contributed by atoms with van der Waals surface area (Å²) in [5.41, 5.74) is 5.94. The zero-order valence-corrected chi connectivity index (χ0v) is 21.4. The van der Waals surface area contributed by atoms with Gasteiger partial charge in [-0.15, -0.1) is 23.1 Å². The highest BCUT2D eigenvalue weighted by atomic mass is 35.5. The smallest absolute Gasteiger partial charge is 0.411 e. The fourth-order valence-electron chi connectivity index (χ4n) is 3.57. The molecule has 2 aromatic rings. The Hall–Kier alpha value is -3.82. The van der Waals surface area contributed by atoms with Crippen LogP contribution in [0.5, 0.6) is 0 Å². The van der Waals surface area contributed by atoms with E-state index in [9.17, 15) is 24.3 Å². The largest absolute Gasteiger partial charge is 0.477 e. The van der Waals surface area contributed by atoms with E-state index in [1.165, 1.54) is 30.3 Å². The number of nitrogen functional groups attached to an aromatic ring is 1. The maximum Gasteiger partial charge on any atom is 0.411 e. The van der Waals surface area contributed by atoms with Crippen molar-refractivity contribution in [2.24, 2.45) is 5.16 Å². The summed E-state index contributed by atoms with van der Waals surface area (Å²) in [5.74, 6) is -2.59. The first-order valence-electron chi connectivity index (χ1n) is 10.4. The molecule has 2 aliphatic rings. The zero-order chi connectivity index (χ0) is 26.7. The predicted octanol–water partition coefficient (Wildman–Crippen LogP) is 1.72. The van der Waals surface area contributed by atoms with E-state index >= 15 is 0 Å². The second-order valence-corrected chi connectivity index (χ2v) is 9.95. The van der Waals surface area contributed by atoms with Crippen molar-refractivity contribution >= 4 is 75.1 Å². The Morgan fingerprint density at radius 3 is 2.81 bits per heavy atom. The van der Waals surface area contributed by atoms with Gasteiger partial charge in [0, 0.05) is 27.4 Å². The number of thioether (sulfide) groups is 1. The number of halogens is 1. The Balaban J connectivity index is 1.43. The van der Waals surface area contributed by atoms with Crippen LogP contribution in [0.1, 0.15) is 5.69 Å². The molecule has 1 aromatic heterocycles. The van der Waals surface area contributed by atoms with E-state index in [0.717, 1.165) is 16.2 Å². The van der Waals surface area contributed by atoms with Crippen LogP contribution in [0.2, 0.25) is 5.02 Å². The second-order valence-electron chi connectivity index (χ2n) is 7.52. The first kappa shape index (κ1) is 26.2. The van der Waals surface area contributed by atoms with E-state index in [-0.39, 0.29) is 40.2 Å². The quantitative estimate of drug-likeness (QED) is 0.208. The Morgan fingerprint density at radius 2 is 2.16 bits per heavy atom. The number of aromatic nitrogens is 1.